The molecule has 0 rings (SSSR count). The molecule has 0 aliphatic carbocycles. The zero-order valence-electron chi connectivity index (χ0n) is 53.2. The molecule has 0 spiro atoms. The summed E-state index contributed by atoms with van der Waals surface area (Å²) < 4.78 is 67.8. The van der Waals surface area contributed by atoms with E-state index >= 15 is 0 Å². The van der Waals surface area contributed by atoms with E-state index in [4.69, 9.17) is 37.0 Å². The van der Waals surface area contributed by atoms with Crippen molar-refractivity contribution in [1.82, 2.24) is 0 Å². The average Bonchev–Trinajstić information content (AvgIpc) is 3.46. The zero-order valence-corrected chi connectivity index (χ0v) is 54.9. The van der Waals surface area contributed by atoms with Gasteiger partial charge in [0.25, 0.3) is 0 Å². The van der Waals surface area contributed by atoms with Crippen LogP contribution in [0.2, 0.25) is 0 Å². The van der Waals surface area contributed by atoms with Gasteiger partial charge < -0.3 is 33.8 Å². The fraction of sp³-hybridized carbons (Fsp3) is 0.938. The molecule has 0 aromatic rings. The van der Waals surface area contributed by atoms with Gasteiger partial charge in [-0.2, -0.15) is 0 Å². The van der Waals surface area contributed by atoms with Crippen LogP contribution in [0.4, 0.5) is 0 Å². The number of rotatable bonds is 65. The molecule has 0 amide bonds. The predicted octanol–water partition coefficient (Wildman–Crippen LogP) is 17.9. The van der Waals surface area contributed by atoms with Crippen LogP contribution in [-0.4, -0.2) is 96.7 Å². The highest BCUT2D eigenvalue weighted by molar-refractivity contribution is 7.47. The van der Waals surface area contributed by atoms with E-state index in [-0.39, 0.29) is 25.7 Å². The summed E-state index contributed by atoms with van der Waals surface area (Å²) in [5.41, 5.74) is 0. The van der Waals surface area contributed by atoms with Crippen LogP contribution in [0.5, 0.6) is 0 Å². The third-order valence-electron chi connectivity index (χ3n) is 14.9. The highest BCUT2D eigenvalue weighted by atomic mass is 31.2. The van der Waals surface area contributed by atoms with Gasteiger partial charge in [-0.25, -0.2) is 9.13 Å². The second-order valence-electron chi connectivity index (χ2n) is 23.2. The van der Waals surface area contributed by atoms with Crippen LogP contribution < -0.4 is 0 Å². The van der Waals surface area contributed by atoms with E-state index < -0.39 is 97.5 Å². The maximum Gasteiger partial charge on any atom is 0.472 e. The predicted molar refractivity (Wildman–Crippen MR) is 331 cm³/mol. The molecule has 83 heavy (non-hydrogen) atoms. The molecule has 0 radical (unpaired) electrons. The first kappa shape index (κ1) is 81.1. The van der Waals surface area contributed by atoms with Gasteiger partial charge in [0.2, 0.25) is 0 Å². The lowest BCUT2D eigenvalue weighted by Gasteiger charge is -2.21. The highest BCUT2D eigenvalue weighted by Gasteiger charge is 2.30. The van der Waals surface area contributed by atoms with E-state index in [9.17, 15) is 43.2 Å². The number of carbonyl (C=O) groups is 4. The summed E-state index contributed by atoms with van der Waals surface area (Å²) in [6.45, 7) is 4.80. The summed E-state index contributed by atoms with van der Waals surface area (Å²) in [6.07, 6.45) is 44.8. The van der Waals surface area contributed by atoms with Crippen LogP contribution >= 0.6 is 15.6 Å². The SMILES string of the molecule is CCCCCCCCCCCCCCCCCCCC(=O)O[C@H](COC(=O)CCCCCCCCCCCCCC)COP(=O)(O)OC[C@@H](O)COP(=O)(O)OC[C@@H](COC(=O)CCCCCCC)OC(=O)CCCCCCCCCCC. The van der Waals surface area contributed by atoms with Crippen molar-refractivity contribution in [3.63, 3.8) is 0 Å². The summed E-state index contributed by atoms with van der Waals surface area (Å²) in [5.74, 6) is -2.14. The summed E-state index contributed by atoms with van der Waals surface area (Å²) >= 11 is 0. The Morgan fingerprint density at radius 2 is 0.482 bits per heavy atom. The quantitative estimate of drug-likeness (QED) is 0.0222. The Morgan fingerprint density at radius 3 is 0.711 bits per heavy atom. The standard InChI is InChI=1S/C64H124O17P2/c1-5-9-13-17-20-23-25-27-28-29-30-31-33-36-39-43-47-51-64(69)81-60(55-75-62(67)49-45-41-37-35-32-26-24-21-18-14-10-6-2)57-79-83(72,73)77-53-58(65)52-76-82(70,71)78-56-59(54-74-61(66)48-44-40-16-12-8-4)80-63(68)50-46-42-38-34-22-19-15-11-7-3/h58-60,65H,5-57H2,1-4H3,(H,70,71)(H,72,73)/t58-,59+,60+/m0/s1. The number of esters is 4. The zero-order chi connectivity index (χ0) is 61.2. The van der Waals surface area contributed by atoms with Crippen LogP contribution in [-0.2, 0) is 65.4 Å². The fourth-order valence-corrected chi connectivity index (χ4v) is 11.2. The minimum absolute atomic E-state index is 0.105. The first-order valence-corrected chi connectivity index (χ1v) is 36.8. The van der Waals surface area contributed by atoms with Crippen molar-refractivity contribution in [1.29, 1.82) is 0 Å². The molecular formula is C64H124O17P2. The number of aliphatic hydroxyl groups excluding tert-OH is 1. The molecular weight excluding hydrogens is 1100 g/mol. The van der Waals surface area contributed by atoms with Gasteiger partial charge in [-0.3, -0.25) is 37.3 Å². The Kier molecular flexibility index (Phi) is 57.7. The van der Waals surface area contributed by atoms with Gasteiger partial charge in [-0.15, -0.1) is 0 Å². The van der Waals surface area contributed by atoms with E-state index in [1.54, 1.807) is 0 Å². The number of hydrogen-bond donors (Lipinski definition) is 3. The molecule has 0 aromatic heterocycles. The molecule has 0 aliphatic heterocycles. The average molecular weight is 1230 g/mol. The Balaban J connectivity index is 5.14. The van der Waals surface area contributed by atoms with Gasteiger partial charge >= 0.3 is 39.5 Å². The highest BCUT2D eigenvalue weighted by Crippen LogP contribution is 2.45. The second-order valence-corrected chi connectivity index (χ2v) is 26.1. The Morgan fingerprint density at radius 1 is 0.289 bits per heavy atom. The number of phosphoric acid groups is 2. The van der Waals surface area contributed by atoms with Crippen molar-refractivity contribution < 1.29 is 80.2 Å². The van der Waals surface area contributed by atoms with Crippen molar-refractivity contribution in [2.75, 3.05) is 39.6 Å². The van der Waals surface area contributed by atoms with Crippen molar-refractivity contribution in [2.45, 2.75) is 348 Å². The molecule has 19 heteroatoms. The molecule has 5 atom stereocenters. The fourth-order valence-electron chi connectivity index (χ4n) is 9.63. The van der Waals surface area contributed by atoms with Gasteiger partial charge in [0.1, 0.15) is 19.3 Å². The normalized spacial score (nSPS) is 14.2. The number of unbranched alkanes of at least 4 members (excludes halogenated alkanes) is 39. The van der Waals surface area contributed by atoms with Crippen LogP contribution in [0.25, 0.3) is 0 Å². The molecule has 492 valence electrons. The lowest BCUT2D eigenvalue weighted by molar-refractivity contribution is -0.161. The van der Waals surface area contributed by atoms with Crippen LogP contribution in [0, 0.1) is 0 Å². The molecule has 0 bridgehead atoms. The van der Waals surface area contributed by atoms with E-state index in [1.807, 2.05) is 0 Å². The lowest BCUT2D eigenvalue weighted by atomic mass is 10.0. The maximum atomic E-state index is 13.0. The molecule has 2 unspecified atom stereocenters. The van der Waals surface area contributed by atoms with E-state index in [0.717, 1.165) is 96.3 Å². The molecule has 0 fully saturated rings. The van der Waals surface area contributed by atoms with E-state index in [2.05, 4.69) is 27.7 Å². The number of hydrogen-bond acceptors (Lipinski definition) is 15. The van der Waals surface area contributed by atoms with Crippen LogP contribution in [0.3, 0.4) is 0 Å². The Hall–Kier alpha value is -1.94. The molecule has 0 aromatic carbocycles. The van der Waals surface area contributed by atoms with Crippen LogP contribution in [0.15, 0.2) is 0 Å². The topological polar surface area (TPSA) is 237 Å². The van der Waals surface area contributed by atoms with Gasteiger partial charge in [-0.05, 0) is 25.7 Å². The number of phosphoric ester groups is 2. The van der Waals surface area contributed by atoms with Crippen molar-refractivity contribution >= 4 is 39.5 Å². The summed E-state index contributed by atoms with van der Waals surface area (Å²) in [5, 5.41) is 10.5. The number of ether oxygens (including phenoxy) is 4. The monoisotopic (exact) mass is 1230 g/mol. The van der Waals surface area contributed by atoms with Crippen molar-refractivity contribution in [3.05, 3.63) is 0 Å². The molecule has 0 saturated heterocycles. The third-order valence-corrected chi connectivity index (χ3v) is 16.8. The minimum Gasteiger partial charge on any atom is -0.462 e. The Labute approximate surface area is 505 Å². The summed E-state index contributed by atoms with van der Waals surface area (Å²) in [7, 11) is -9.87. The molecule has 17 nitrogen and oxygen atoms in total. The second kappa shape index (κ2) is 59.0. The molecule has 3 N–H and O–H groups in total. The van der Waals surface area contributed by atoms with Gasteiger partial charge in [0.05, 0.1) is 26.4 Å². The molecule has 0 heterocycles. The lowest BCUT2D eigenvalue weighted by Crippen LogP contribution is -2.30. The minimum atomic E-state index is -4.94. The number of carbonyl (C=O) groups excluding carboxylic acids is 4. The van der Waals surface area contributed by atoms with E-state index in [1.165, 1.54) is 154 Å². The summed E-state index contributed by atoms with van der Waals surface area (Å²) in [6, 6.07) is 0. The number of aliphatic hydroxyl groups is 1. The smallest absolute Gasteiger partial charge is 0.462 e. The maximum absolute atomic E-state index is 13.0. The first-order chi connectivity index (χ1) is 40.2. The third kappa shape index (κ3) is 58.8. The molecule has 0 saturated carbocycles. The van der Waals surface area contributed by atoms with Gasteiger partial charge in [0.15, 0.2) is 12.2 Å². The Bertz CT molecular complexity index is 1600. The van der Waals surface area contributed by atoms with Gasteiger partial charge in [-0.1, -0.05) is 278 Å². The van der Waals surface area contributed by atoms with Crippen molar-refractivity contribution in [3.8, 4) is 0 Å². The first-order valence-electron chi connectivity index (χ1n) is 33.8. The van der Waals surface area contributed by atoms with Crippen LogP contribution in [0.1, 0.15) is 329 Å². The van der Waals surface area contributed by atoms with E-state index in [0.29, 0.717) is 25.7 Å². The van der Waals surface area contributed by atoms with Crippen molar-refractivity contribution in [2.24, 2.45) is 0 Å². The summed E-state index contributed by atoms with van der Waals surface area (Å²) in [4.78, 5) is 71.9. The molecule has 0 aliphatic rings. The largest absolute Gasteiger partial charge is 0.472 e. The van der Waals surface area contributed by atoms with Gasteiger partial charge in [0, 0.05) is 25.7 Å².